The van der Waals surface area contributed by atoms with Crippen molar-refractivity contribution < 1.29 is 5.11 Å². The Labute approximate surface area is 75.2 Å². The number of aromatic nitrogens is 2. The van der Waals surface area contributed by atoms with Crippen molar-refractivity contribution in [2.75, 3.05) is 12.3 Å². The average Bonchev–Trinajstić information content (AvgIpc) is 2.04. The van der Waals surface area contributed by atoms with Crippen LogP contribution in [0.2, 0.25) is 0 Å². The number of nitrogen functional groups attached to an aromatic ring is 1. The molecule has 3 N–H and O–H groups in total. The highest BCUT2D eigenvalue weighted by Gasteiger charge is 2.03. The third-order valence-corrected chi connectivity index (χ3v) is 2.20. The molecule has 4 nitrogen and oxygen atoms in total. The van der Waals surface area contributed by atoms with Gasteiger partial charge in [-0.05, 0) is 0 Å². The smallest absolute Gasteiger partial charge is 0.143 e. The number of rotatable bonds is 3. The maximum absolute atomic E-state index is 8.77. The molecule has 1 atom stereocenters. The van der Waals surface area contributed by atoms with E-state index in [1.165, 1.54) is 18.0 Å². The van der Waals surface area contributed by atoms with Gasteiger partial charge in [-0.15, -0.1) is 0 Å². The summed E-state index contributed by atoms with van der Waals surface area (Å²) >= 11 is 1.45. The Morgan fingerprint density at radius 1 is 1.67 bits per heavy atom. The van der Waals surface area contributed by atoms with Crippen molar-refractivity contribution in [3.8, 4) is 0 Å². The van der Waals surface area contributed by atoms with Crippen LogP contribution >= 0.6 is 11.8 Å². The zero-order valence-corrected chi connectivity index (χ0v) is 7.58. The molecule has 0 aromatic carbocycles. The molecular weight excluding hydrogens is 174 g/mol. The molecule has 0 spiro atoms. The highest BCUT2D eigenvalue weighted by atomic mass is 32.2. The summed E-state index contributed by atoms with van der Waals surface area (Å²) in [5, 5.41) is 9.64. The van der Waals surface area contributed by atoms with E-state index in [1.54, 1.807) is 6.20 Å². The van der Waals surface area contributed by atoms with Gasteiger partial charge in [-0.25, -0.2) is 4.98 Å². The van der Waals surface area contributed by atoms with Crippen molar-refractivity contribution in [1.82, 2.24) is 9.97 Å². The van der Waals surface area contributed by atoms with E-state index in [-0.39, 0.29) is 11.9 Å². The summed E-state index contributed by atoms with van der Waals surface area (Å²) in [4.78, 5) is 7.91. The SMILES string of the molecule is CC(CO)Sc1cncc(N)n1. The highest BCUT2D eigenvalue weighted by Crippen LogP contribution is 2.19. The molecule has 0 fully saturated rings. The van der Waals surface area contributed by atoms with Crippen molar-refractivity contribution in [2.45, 2.75) is 17.2 Å². The number of hydrogen-bond acceptors (Lipinski definition) is 5. The Balaban J connectivity index is 2.63. The molecule has 1 aromatic rings. The molecule has 0 saturated carbocycles. The molecule has 0 bridgehead atoms. The van der Waals surface area contributed by atoms with Crippen molar-refractivity contribution in [2.24, 2.45) is 0 Å². The topological polar surface area (TPSA) is 72.0 Å². The lowest BCUT2D eigenvalue weighted by molar-refractivity contribution is 0.300. The second-order valence-corrected chi connectivity index (χ2v) is 3.85. The first-order chi connectivity index (χ1) is 5.72. The second kappa shape index (κ2) is 4.27. The fourth-order valence-corrected chi connectivity index (χ4v) is 1.43. The van der Waals surface area contributed by atoms with Crippen molar-refractivity contribution in [1.29, 1.82) is 0 Å². The van der Waals surface area contributed by atoms with Crippen LogP contribution in [0.15, 0.2) is 17.4 Å². The molecule has 0 aliphatic carbocycles. The van der Waals surface area contributed by atoms with Gasteiger partial charge in [-0.2, -0.15) is 0 Å². The van der Waals surface area contributed by atoms with E-state index >= 15 is 0 Å². The van der Waals surface area contributed by atoms with Gasteiger partial charge in [-0.3, -0.25) is 4.98 Å². The summed E-state index contributed by atoms with van der Waals surface area (Å²) in [6.07, 6.45) is 3.13. The largest absolute Gasteiger partial charge is 0.395 e. The van der Waals surface area contributed by atoms with Gasteiger partial charge in [0, 0.05) is 5.25 Å². The molecule has 0 saturated heterocycles. The zero-order chi connectivity index (χ0) is 8.97. The standard InChI is InChI=1S/C7H11N3OS/c1-5(4-11)12-7-3-9-2-6(8)10-7/h2-3,5,11H,4H2,1H3,(H2,8,10). The van der Waals surface area contributed by atoms with E-state index in [1.807, 2.05) is 6.92 Å². The van der Waals surface area contributed by atoms with Gasteiger partial charge in [0.15, 0.2) is 0 Å². The molecule has 66 valence electrons. The number of nitrogens with two attached hydrogens (primary N) is 1. The predicted molar refractivity (Wildman–Crippen MR) is 48.8 cm³/mol. The number of aliphatic hydroxyl groups excluding tert-OH is 1. The first-order valence-corrected chi connectivity index (χ1v) is 4.45. The summed E-state index contributed by atoms with van der Waals surface area (Å²) < 4.78 is 0. The normalized spacial score (nSPS) is 12.8. The third-order valence-electron chi connectivity index (χ3n) is 1.21. The predicted octanol–water partition coefficient (Wildman–Crippen LogP) is 0.532. The second-order valence-electron chi connectivity index (χ2n) is 2.39. The molecule has 1 aromatic heterocycles. The van der Waals surface area contributed by atoms with Crippen LogP contribution in [0.4, 0.5) is 5.82 Å². The van der Waals surface area contributed by atoms with Crippen molar-refractivity contribution in [3.63, 3.8) is 0 Å². The fraction of sp³-hybridized carbons (Fsp3) is 0.429. The van der Waals surface area contributed by atoms with Crippen LogP contribution in [0.5, 0.6) is 0 Å². The zero-order valence-electron chi connectivity index (χ0n) is 6.77. The highest BCUT2D eigenvalue weighted by molar-refractivity contribution is 7.99. The van der Waals surface area contributed by atoms with Gasteiger partial charge in [0.2, 0.25) is 0 Å². The molecule has 12 heavy (non-hydrogen) atoms. The van der Waals surface area contributed by atoms with E-state index in [9.17, 15) is 0 Å². The summed E-state index contributed by atoms with van der Waals surface area (Å²) in [6, 6.07) is 0. The van der Waals surface area contributed by atoms with Gasteiger partial charge in [0.25, 0.3) is 0 Å². The quantitative estimate of drug-likeness (QED) is 0.672. The van der Waals surface area contributed by atoms with Crippen molar-refractivity contribution in [3.05, 3.63) is 12.4 Å². The van der Waals surface area contributed by atoms with E-state index in [4.69, 9.17) is 10.8 Å². The summed E-state index contributed by atoms with van der Waals surface area (Å²) in [6.45, 7) is 2.04. The van der Waals surface area contributed by atoms with Crippen LogP contribution in [0, 0.1) is 0 Å². The minimum Gasteiger partial charge on any atom is -0.395 e. The number of aliphatic hydroxyl groups is 1. The molecule has 5 heteroatoms. The lowest BCUT2D eigenvalue weighted by Gasteiger charge is -2.05. The molecule has 1 heterocycles. The maximum atomic E-state index is 8.77. The lowest BCUT2D eigenvalue weighted by atomic mass is 10.5. The monoisotopic (exact) mass is 185 g/mol. The molecular formula is C7H11N3OS. The van der Waals surface area contributed by atoms with E-state index < -0.39 is 0 Å². The van der Waals surface area contributed by atoms with E-state index in [0.717, 1.165) is 5.03 Å². The van der Waals surface area contributed by atoms with Gasteiger partial charge in [0.05, 0.1) is 19.0 Å². The maximum Gasteiger partial charge on any atom is 0.143 e. The Morgan fingerprint density at radius 3 is 3.00 bits per heavy atom. The Kier molecular flexibility index (Phi) is 3.31. The van der Waals surface area contributed by atoms with E-state index in [2.05, 4.69) is 9.97 Å². The third kappa shape index (κ3) is 2.67. The minimum absolute atomic E-state index is 0.126. The van der Waals surface area contributed by atoms with Crippen LogP contribution in [-0.2, 0) is 0 Å². The number of anilines is 1. The first-order valence-electron chi connectivity index (χ1n) is 3.57. The Hall–Kier alpha value is -0.810. The fourth-order valence-electron chi connectivity index (χ4n) is 0.663. The average molecular weight is 185 g/mol. The molecule has 0 aliphatic rings. The summed E-state index contributed by atoms with van der Waals surface area (Å²) in [5.41, 5.74) is 5.43. The van der Waals surface area contributed by atoms with Gasteiger partial charge in [-0.1, -0.05) is 18.7 Å². The van der Waals surface area contributed by atoms with Crippen LogP contribution in [0.1, 0.15) is 6.92 Å². The van der Waals surface area contributed by atoms with Crippen molar-refractivity contribution >= 4 is 17.6 Å². The van der Waals surface area contributed by atoms with Crippen LogP contribution in [0.25, 0.3) is 0 Å². The summed E-state index contributed by atoms with van der Waals surface area (Å²) in [5.74, 6) is 0.408. The number of thioether (sulfide) groups is 1. The van der Waals surface area contributed by atoms with Crippen LogP contribution in [0.3, 0.4) is 0 Å². The molecule has 1 unspecified atom stereocenters. The van der Waals surface area contributed by atoms with E-state index in [0.29, 0.717) is 5.82 Å². The first kappa shape index (κ1) is 9.28. The Morgan fingerprint density at radius 2 is 2.42 bits per heavy atom. The van der Waals surface area contributed by atoms with Gasteiger partial charge in [0.1, 0.15) is 10.8 Å². The summed E-state index contributed by atoms with van der Waals surface area (Å²) in [7, 11) is 0. The van der Waals surface area contributed by atoms with Crippen LogP contribution < -0.4 is 5.73 Å². The molecule has 0 aliphatic heterocycles. The van der Waals surface area contributed by atoms with Gasteiger partial charge < -0.3 is 10.8 Å². The number of nitrogens with zero attached hydrogens (tertiary/aromatic N) is 2. The molecule has 0 radical (unpaired) electrons. The molecule has 0 amide bonds. The number of hydrogen-bond donors (Lipinski definition) is 2. The Bertz CT molecular complexity index is 256. The minimum atomic E-state index is 0.126. The van der Waals surface area contributed by atoms with Gasteiger partial charge >= 0.3 is 0 Å². The van der Waals surface area contributed by atoms with Crippen LogP contribution in [-0.4, -0.2) is 26.9 Å². The lowest BCUT2D eigenvalue weighted by Crippen LogP contribution is -2.03. The molecule has 1 rings (SSSR count).